The number of hydrogen-bond donors (Lipinski definition) is 2. The fourth-order valence-electron chi connectivity index (χ4n) is 2.39. The molecule has 0 spiro atoms. The smallest absolute Gasteiger partial charge is 0.422 e. The minimum absolute atomic E-state index is 0.0514. The molecule has 2 aromatic rings. The summed E-state index contributed by atoms with van der Waals surface area (Å²) < 4.78 is 46.9. The van der Waals surface area contributed by atoms with Crippen LogP contribution in [0, 0.1) is 0 Å². The number of thiophene rings is 1. The molecule has 9 heteroatoms. The van der Waals surface area contributed by atoms with Crippen LogP contribution in [0.2, 0.25) is 0 Å². The van der Waals surface area contributed by atoms with Crippen LogP contribution < -0.4 is 20.1 Å². The molecule has 1 aromatic carbocycles. The first kappa shape index (κ1) is 21.9. The van der Waals surface area contributed by atoms with E-state index >= 15 is 0 Å². The maximum Gasteiger partial charge on any atom is 0.422 e. The second-order valence-corrected chi connectivity index (χ2v) is 7.14. The number of halogens is 3. The van der Waals surface area contributed by atoms with Crippen molar-refractivity contribution in [2.75, 3.05) is 20.8 Å². The van der Waals surface area contributed by atoms with Gasteiger partial charge in [-0.05, 0) is 36.2 Å². The maximum atomic E-state index is 12.3. The van der Waals surface area contributed by atoms with Gasteiger partial charge in [0.2, 0.25) is 0 Å². The first-order valence-corrected chi connectivity index (χ1v) is 9.54. The highest BCUT2D eigenvalue weighted by Crippen LogP contribution is 2.29. The Balaban J connectivity index is 1.90. The Labute approximate surface area is 166 Å². The molecule has 0 unspecified atom stereocenters. The lowest BCUT2D eigenvalue weighted by atomic mass is 10.2. The van der Waals surface area contributed by atoms with Crippen LogP contribution in [-0.4, -0.2) is 32.9 Å². The molecule has 0 aliphatic rings. The summed E-state index contributed by atoms with van der Waals surface area (Å²) in [6, 6.07) is 9.00. The highest BCUT2D eigenvalue weighted by Gasteiger charge is 2.29. The van der Waals surface area contributed by atoms with Crippen molar-refractivity contribution in [3.8, 4) is 11.5 Å². The third-order valence-corrected chi connectivity index (χ3v) is 5.03. The average Bonchev–Trinajstić information content (AvgIpc) is 3.14. The molecule has 0 saturated carbocycles. The van der Waals surface area contributed by atoms with Gasteiger partial charge in [0.1, 0.15) is 0 Å². The van der Waals surface area contributed by atoms with Crippen LogP contribution in [-0.2, 0) is 19.5 Å². The van der Waals surface area contributed by atoms with Crippen molar-refractivity contribution in [3.05, 3.63) is 45.6 Å². The van der Waals surface area contributed by atoms with Crippen molar-refractivity contribution in [2.45, 2.75) is 32.6 Å². The summed E-state index contributed by atoms with van der Waals surface area (Å²) in [5.41, 5.74) is 0.823. The average molecular weight is 415 g/mol. The van der Waals surface area contributed by atoms with Crippen LogP contribution in [0.25, 0.3) is 0 Å². The number of alkyl halides is 3. The molecule has 2 rings (SSSR count). The third-order valence-electron chi connectivity index (χ3n) is 3.80. The quantitative estimate of drug-likeness (QED) is 0.503. The van der Waals surface area contributed by atoms with E-state index in [1.165, 1.54) is 22.9 Å². The van der Waals surface area contributed by atoms with Crippen LogP contribution in [0.5, 0.6) is 11.5 Å². The van der Waals surface area contributed by atoms with Crippen molar-refractivity contribution < 1.29 is 22.6 Å². The van der Waals surface area contributed by atoms with E-state index in [1.807, 2.05) is 0 Å². The van der Waals surface area contributed by atoms with Crippen LogP contribution in [0.3, 0.4) is 0 Å². The molecular weight excluding hydrogens is 391 g/mol. The van der Waals surface area contributed by atoms with E-state index in [1.54, 1.807) is 30.5 Å². The summed E-state index contributed by atoms with van der Waals surface area (Å²) in [4.78, 5) is 6.73. The number of rotatable bonds is 8. The molecule has 154 valence electrons. The van der Waals surface area contributed by atoms with E-state index in [4.69, 9.17) is 9.47 Å². The molecule has 0 atom stereocenters. The summed E-state index contributed by atoms with van der Waals surface area (Å²) >= 11 is 1.76. The second-order valence-electron chi connectivity index (χ2n) is 5.89. The minimum atomic E-state index is -4.40. The van der Waals surface area contributed by atoms with Crippen molar-refractivity contribution >= 4 is 17.3 Å². The van der Waals surface area contributed by atoms with Gasteiger partial charge in [-0.2, -0.15) is 13.2 Å². The number of aliphatic imine (C=N–C) groups is 1. The van der Waals surface area contributed by atoms with E-state index in [0.29, 0.717) is 19.0 Å². The molecule has 0 radical (unpaired) electrons. The first-order valence-electron chi connectivity index (χ1n) is 8.73. The number of aryl methyl sites for hydroxylation is 1. The Hall–Kier alpha value is -2.42. The Bertz CT molecular complexity index is 791. The maximum absolute atomic E-state index is 12.3. The third kappa shape index (κ3) is 6.95. The SMILES string of the molecule is CCc1ccc(CNC(=NC)NCc2ccc(OCC(F)(F)F)c(OC)c2)s1. The number of ether oxygens (including phenoxy) is 2. The predicted molar refractivity (Wildman–Crippen MR) is 105 cm³/mol. The molecule has 0 bridgehead atoms. The topological polar surface area (TPSA) is 54.9 Å². The van der Waals surface area contributed by atoms with Gasteiger partial charge in [0, 0.05) is 23.3 Å². The lowest BCUT2D eigenvalue weighted by Gasteiger charge is -2.15. The Morgan fingerprint density at radius 1 is 1.07 bits per heavy atom. The van der Waals surface area contributed by atoms with Gasteiger partial charge in [-0.3, -0.25) is 4.99 Å². The largest absolute Gasteiger partial charge is 0.493 e. The van der Waals surface area contributed by atoms with Gasteiger partial charge in [-0.1, -0.05) is 13.0 Å². The predicted octanol–water partition coefficient (Wildman–Crippen LogP) is 4.13. The Morgan fingerprint density at radius 2 is 1.79 bits per heavy atom. The zero-order valence-corrected chi connectivity index (χ0v) is 16.8. The minimum Gasteiger partial charge on any atom is -0.493 e. The lowest BCUT2D eigenvalue weighted by Crippen LogP contribution is -2.36. The van der Waals surface area contributed by atoms with Crippen molar-refractivity contribution in [2.24, 2.45) is 4.99 Å². The van der Waals surface area contributed by atoms with E-state index in [0.717, 1.165) is 12.0 Å². The van der Waals surface area contributed by atoms with Gasteiger partial charge in [0.15, 0.2) is 24.1 Å². The number of guanidine groups is 1. The number of methoxy groups -OCH3 is 1. The van der Waals surface area contributed by atoms with Gasteiger partial charge < -0.3 is 20.1 Å². The normalized spacial score (nSPS) is 12.0. The van der Waals surface area contributed by atoms with E-state index < -0.39 is 12.8 Å². The number of nitrogens with one attached hydrogen (secondary N) is 2. The highest BCUT2D eigenvalue weighted by atomic mass is 32.1. The Kier molecular flexibility index (Phi) is 7.98. The van der Waals surface area contributed by atoms with Gasteiger partial charge in [-0.15, -0.1) is 11.3 Å². The fourth-order valence-corrected chi connectivity index (χ4v) is 3.28. The molecule has 0 aliphatic carbocycles. The summed E-state index contributed by atoms with van der Waals surface area (Å²) in [5.74, 6) is 0.926. The summed E-state index contributed by atoms with van der Waals surface area (Å²) in [6.45, 7) is 1.86. The number of nitrogens with zero attached hydrogens (tertiary/aromatic N) is 1. The van der Waals surface area contributed by atoms with Gasteiger partial charge in [0.05, 0.1) is 13.7 Å². The lowest BCUT2D eigenvalue weighted by molar-refractivity contribution is -0.153. The molecule has 0 fully saturated rings. The molecule has 0 saturated heterocycles. The van der Waals surface area contributed by atoms with Crippen LogP contribution in [0.1, 0.15) is 22.2 Å². The van der Waals surface area contributed by atoms with Gasteiger partial charge in [-0.25, -0.2) is 0 Å². The van der Waals surface area contributed by atoms with Crippen LogP contribution in [0.4, 0.5) is 13.2 Å². The molecule has 0 amide bonds. The van der Waals surface area contributed by atoms with Gasteiger partial charge in [0.25, 0.3) is 0 Å². The van der Waals surface area contributed by atoms with Crippen LogP contribution >= 0.6 is 11.3 Å². The van der Waals surface area contributed by atoms with Crippen molar-refractivity contribution in [1.29, 1.82) is 0 Å². The van der Waals surface area contributed by atoms with Crippen molar-refractivity contribution in [1.82, 2.24) is 10.6 Å². The molecule has 2 N–H and O–H groups in total. The van der Waals surface area contributed by atoms with E-state index in [9.17, 15) is 13.2 Å². The summed E-state index contributed by atoms with van der Waals surface area (Å²) in [6.07, 6.45) is -3.38. The molecule has 1 heterocycles. The summed E-state index contributed by atoms with van der Waals surface area (Å²) in [7, 11) is 3.06. The van der Waals surface area contributed by atoms with E-state index in [2.05, 4.69) is 34.7 Å². The molecule has 0 aliphatic heterocycles. The second kappa shape index (κ2) is 10.2. The van der Waals surface area contributed by atoms with Gasteiger partial charge >= 0.3 is 6.18 Å². The number of benzene rings is 1. The first-order chi connectivity index (χ1) is 13.3. The zero-order valence-electron chi connectivity index (χ0n) is 16.0. The highest BCUT2D eigenvalue weighted by molar-refractivity contribution is 7.11. The van der Waals surface area contributed by atoms with Crippen molar-refractivity contribution in [3.63, 3.8) is 0 Å². The molecule has 1 aromatic heterocycles. The van der Waals surface area contributed by atoms with E-state index in [-0.39, 0.29) is 11.5 Å². The van der Waals surface area contributed by atoms with Crippen LogP contribution in [0.15, 0.2) is 35.3 Å². The zero-order chi connectivity index (χ0) is 20.6. The molecule has 5 nitrogen and oxygen atoms in total. The standard InChI is InChI=1S/C19H24F3N3O2S/c1-4-14-6-7-15(28-14)11-25-18(23-2)24-10-13-5-8-16(17(9-13)26-3)27-12-19(20,21)22/h5-9H,4,10-12H2,1-3H3,(H2,23,24,25). The monoisotopic (exact) mass is 415 g/mol. The molecular formula is C19H24F3N3O2S. The summed E-state index contributed by atoms with van der Waals surface area (Å²) in [5, 5.41) is 6.41. The fraction of sp³-hybridized carbons (Fsp3) is 0.421. The molecule has 28 heavy (non-hydrogen) atoms. The Morgan fingerprint density at radius 3 is 2.39 bits per heavy atom. The number of hydrogen-bond acceptors (Lipinski definition) is 4.